The molecule has 0 spiro atoms. The zero-order valence-electron chi connectivity index (χ0n) is 7.42. The van der Waals surface area contributed by atoms with Crippen LogP contribution in [0.5, 0.6) is 0 Å². The molecular weight excluding hydrogens is 176 g/mol. The predicted molar refractivity (Wildman–Crippen MR) is 57.1 cm³/mol. The average molecular weight is 184 g/mol. The highest BCUT2D eigenvalue weighted by atomic mass is 16.1. The molecule has 0 aromatic heterocycles. The average Bonchev–Trinajstić information content (AvgIpc) is 2.30. The van der Waals surface area contributed by atoms with Gasteiger partial charge in [-0.25, -0.2) is 4.99 Å². The standard InChI is InChI=1S/C11H8N2O/c14-11-8-13-10-6-2-1-4-9(10)5-3-7-12-11/h1-8H/b5-3-,12-7?,13-8?. The van der Waals surface area contributed by atoms with Crippen LogP contribution in [0, 0.1) is 0 Å². The largest absolute Gasteiger partial charge is 0.288 e. The van der Waals surface area contributed by atoms with Crippen molar-refractivity contribution in [2.24, 2.45) is 9.98 Å². The summed E-state index contributed by atoms with van der Waals surface area (Å²) in [5.41, 5.74) is 1.76. The molecule has 68 valence electrons. The first-order valence-corrected chi connectivity index (χ1v) is 4.24. The second-order valence-corrected chi connectivity index (χ2v) is 2.79. The van der Waals surface area contributed by atoms with Crippen LogP contribution >= 0.6 is 0 Å². The summed E-state index contributed by atoms with van der Waals surface area (Å²) in [4.78, 5) is 18.7. The van der Waals surface area contributed by atoms with E-state index in [2.05, 4.69) is 9.98 Å². The Morgan fingerprint density at radius 1 is 1.07 bits per heavy atom. The van der Waals surface area contributed by atoms with Gasteiger partial charge >= 0.3 is 0 Å². The Morgan fingerprint density at radius 2 is 1.93 bits per heavy atom. The molecule has 0 bridgehead atoms. The van der Waals surface area contributed by atoms with E-state index >= 15 is 0 Å². The number of para-hydroxylation sites is 1. The van der Waals surface area contributed by atoms with E-state index in [-0.39, 0.29) is 5.91 Å². The van der Waals surface area contributed by atoms with Crippen LogP contribution in [0.3, 0.4) is 0 Å². The Kier molecular flexibility index (Phi) is 2.32. The zero-order valence-corrected chi connectivity index (χ0v) is 7.42. The Balaban J connectivity index is 2.52. The number of carbonyl (C=O) groups is 1. The second kappa shape index (κ2) is 3.79. The molecule has 1 aromatic carbocycles. The maximum atomic E-state index is 11.0. The molecule has 0 aliphatic carbocycles. The van der Waals surface area contributed by atoms with Crippen LogP contribution in [0.25, 0.3) is 6.08 Å². The van der Waals surface area contributed by atoms with Gasteiger partial charge in [0.2, 0.25) is 0 Å². The Labute approximate surface area is 81.5 Å². The summed E-state index contributed by atoms with van der Waals surface area (Å²) in [6.07, 6.45) is 6.29. The van der Waals surface area contributed by atoms with Gasteiger partial charge in [-0.05, 0) is 12.1 Å². The van der Waals surface area contributed by atoms with Crippen LogP contribution in [0.2, 0.25) is 0 Å². The van der Waals surface area contributed by atoms with E-state index in [1.54, 1.807) is 6.08 Å². The molecule has 0 saturated carbocycles. The molecule has 3 nitrogen and oxygen atoms in total. The summed E-state index contributed by atoms with van der Waals surface area (Å²) in [5.74, 6) is -0.341. The summed E-state index contributed by atoms with van der Waals surface area (Å²) in [6, 6.07) is 7.60. The van der Waals surface area contributed by atoms with E-state index in [0.717, 1.165) is 11.3 Å². The van der Waals surface area contributed by atoms with Crippen LogP contribution < -0.4 is 0 Å². The Hall–Kier alpha value is -2.03. The molecule has 1 aromatic rings. The molecule has 0 N–H and O–H groups in total. The van der Waals surface area contributed by atoms with Crippen molar-refractivity contribution in [3.05, 3.63) is 35.9 Å². The zero-order chi connectivity index (χ0) is 9.80. The van der Waals surface area contributed by atoms with Gasteiger partial charge in [0.05, 0.1) is 11.9 Å². The normalized spacial score (nSPS) is 16.7. The molecule has 0 atom stereocenters. The highest BCUT2D eigenvalue weighted by Gasteiger charge is 1.98. The Morgan fingerprint density at radius 3 is 2.86 bits per heavy atom. The fourth-order valence-corrected chi connectivity index (χ4v) is 1.17. The van der Waals surface area contributed by atoms with Gasteiger partial charge < -0.3 is 0 Å². The van der Waals surface area contributed by atoms with E-state index in [9.17, 15) is 4.79 Å². The molecule has 1 aliphatic rings. The first-order valence-electron chi connectivity index (χ1n) is 4.24. The minimum atomic E-state index is -0.341. The lowest BCUT2D eigenvalue weighted by Gasteiger charge is -1.97. The van der Waals surface area contributed by atoms with Gasteiger partial charge in [0.25, 0.3) is 5.91 Å². The maximum absolute atomic E-state index is 11.0. The Bertz CT molecular complexity index is 444. The molecule has 14 heavy (non-hydrogen) atoms. The highest BCUT2D eigenvalue weighted by Crippen LogP contribution is 2.19. The van der Waals surface area contributed by atoms with Gasteiger partial charge in [0, 0.05) is 11.8 Å². The van der Waals surface area contributed by atoms with E-state index in [1.165, 1.54) is 12.4 Å². The third-order valence-electron chi connectivity index (χ3n) is 1.81. The number of benzene rings is 1. The van der Waals surface area contributed by atoms with Gasteiger partial charge in [0.15, 0.2) is 0 Å². The molecule has 0 radical (unpaired) electrons. The highest BCUT2D eigenvalue weighted by molar-refractivity contribution is 6.29. The number of aliphatic imine (C=N–C) groups is 2. The van der Waals surface area contributed by atoms with Crippen LogP contribution in [0.15, 0.2) is 40.3 Å². The third-order valence-corrected chi connectivity index (χ3v) is 1.81. The van der Waals surface area contributed by atoms with Crippen LogP contribution in [-0.2, 0) is 4.79 Å². The first-order chi connectivity index (χ1) is 6.86. The number of nitrogens with zero attached hydrogens (tertiary/aromatic N) is 2. The van der Waals surface area contributed by atoms with Crippen LogP contribution in [-0.4, -0.2) is 18.3 Å². The fraction of sp³-hybridized carbons (Fsp3) is 0. The van der Waals surface area contributed by atoms with Crippen molar-refractivity contribution in [1.82, 2.24) is 0 Å². The molecule has 1 aliphatic heterocycles. The van der Waals surface area contributed by atoms with E-state index in [0.29, 0.717) is 0 Å². The summed E-state index contributed by atoms with van der Waals surface area (Å²) < 4.78 is 0. The third kappa shape index (κ3) is 1.82. The van der Waals surface area contributed by atoms with Gasteiger partial charge in [-0.2, -0.15) is 0 Å². The topological polar surface area (TPSA) is 41.8 Å². The molecule has 0 fully saturated rings. The van der Waals surface area contributed by atoms with Crippen LogP contribution in [0.1, 0.15) is 5.56 Å². The summed E-state index contributed by atoms with van der Waals surface area (Å²) >= 11 is 0. The lowest BCUT2D eigenvalue weighted by Crippen LogP contribution is -1.92. The van der Waals surface area contributed by atoms with Gasteiger partial charge in [-0.15, -0.1) is 0 Å². The van der Waals surface area contributed by atoms with Crippen molar-refractivity contribution in [2.45, 2.75) is 0 Å². The number of allylic oxidation sites excluding steroid dienone is 1. The summed E-state index contributed by atoms with van der Waals surface area (Å²) in [6.45, 7) is 0. The van der Waals surface area contributed by atoms with E-state index < -0.39 is 0 Å². The van der Waals surface area contributed by atoms with Crippen molar-refractivity contribution in [3.63, 3.8) is 0 Å². The minimum Gasteiger partial charge on any atom is -0.266 e. The lowest BCUT2D eigenvalue weighted by atomic mass is 10.1. The van der Waals surface area contributed by atoms with Crippen LogP contribution in [0.4, 0.5) is 5.69 Å². The maximum Gasteiger partial charge on any atom is 0.288 e. The first kappa shape index (κ1) is 8.56. The monoisotopic (exact) mass is 184 g/mol. The lowest BCUT2D eigenvalue weighted by molar-refractivity contribution is -0.111. The molecule has 2 rings (SSSR count). The second-order valence-electron chi connectivity index (χ2n) is 2.79. The van der Waals surface area contributed by atoms with E-state index in [1.807, 2.05) is 30.3 Å². The van der Waals surface area contributed by atoms with Crippen molar-refractivity contribution in [1.29, 1.82) is 0 Å². The minimum absolute atomic E-state index is 0.341. The van der Waals surface area contributed by atoms with E-state index in [4.69, 9.17) is 0 Å². The van der Waals surface area contributed by atoms with Crippen molar-refractivity contribution < 1.29 is 4.79 Å². The number of hydrogen-bond acceptors (Lipinski definition) is 2. The number of amides is 1. The van der Waals surface area contributed by atoms with Gasteiger partial charge in [-0.3, -0.25) is 9.79 Å². The van der Waals surface area contributed by atoms with Crippen molar-refractivity contribution in [3.8, 4) is 0 Å². The quantitative estimate of drug-likeness (QED) is 0.608. The van der Waals surface area contributed by atoms with Crippen molar-refractivity contribution >= 4 is 30.1 Å². The SMILES string of the molecule is O=C1C=Nc2ccccc2/C=C\C=N1. The summed E-state index contributed by atoms with van der Waals surface area (Å²) in [7, 11) is 0. The van der Waals surface area contributed by atoms with Gasteiger partial charge in [-0.1, -0.05) is 24.3 Å². The smallest absolute Gasteiger partial charge is 0.266 e. The predicted octanol–water partition coefficient (Wildman–Crippen LogP) is 2.01. The molecule has 1 heterocycles. The van der Waals surface area contributed by atoms with Gasteiger partial charge in [0.1, 0.15) is 0 Å². The molecule has 0 unspecified atom stereocenters. The molecule has 3 heteroatoms. The number of hydrogen-bond donors (Lipinski definition) is 0. The number of carbonyl (C=O) groups excluding carboxylic acids is 1. The fourth-order valence-electron chi connectivity index (χ4n) is 1.17. The number of rotatable bonds is 0. The molecule has 0 saturated heterocycles. The molecule has 1 amide bonds. The van der Waals surface area contributed by atoms with Crippen molar-refractivity contribution in [2.75, 3.05) is 0 Å². The number of fused-ring (bicyclic) bond motifs is 1. The molecular formula is C11H8N2O. The summed E-state index contributed by atoms with van der Waals surface area (Å²) in [5, 5.41) is 0.